The Labute approximate surface area is 205 Å². The number of carbonyl (C=O) groups excluding carboxylic acids is 2. The molecule has 186 valence electrons. The molecule has 2 aliphatic rings. The van der Waals surface area contributed by atoms with E-state index in [1.807, 2.05) is 17.0 Å². The van der Waals surface area contributed by atoms with Gasteiger partial charge in [0.05, 0.1) is 17.2 Å². The van der Waals surface area contributed by atoms with Crippen LogP contribution in [0.1, 0.15) is 40.7 Å². The number of fused-ring (bicyclic) bond motifs is 1. The second-order valence-corrected chi connectivity index (χ2v) is 9.66. The highest BCUT2D eigenvalue weighted by molar-refractivity contribution is 6.00. The van der Waals surface area contributed by atoms with Gasteiger partial charge < -0.3 is 20.5 Å². The molecule has 36 heavy (non-hydrogen) atoms. The summed E-state index contributed by atoms with van der Waals surface area (Å²) in [4.78, 5) is 32.2. The number of hydrogen-bond donors (Lipinski definition) is 2. The maximum absolute atomic E-state index is 13.4. The maximum atomic E-state index is 13.4. The SMILES string of the molecule is N#Cc1ccc(N2CCC3(CC2)CC(C(N)=O)N(C(=O)c2ccc4[nH]ccc4c2)C3)cc1C(F)(F)F. The van der Waals surface area contributed by atoms with Crippen molar-refractivity contribution < 1.29 is 22.8 Å². The molecule has 5 rings (SSSR count). The molecular weight excluding hydrogens is 471 g/mol. The van der Waals surface area contributed by atoms with E-state index in [1.165, 1.54) is 12.1 Å². The molecule has 2 saturated heterocycles. The summed E-state index contributed by atoms with van der Waals surface area (Å²) in [5, 5.41) is 9.94. The largest absolute Gasteiger partial charge is 0.417 e. The lowest BCUT2D eigenvalue weighted by Crippen LogP contribution is -2.44. The van der Waals surface area contributed by atoms with Crippen molar-refractivity contribution in [2.24, 2.45) is 11.1 Å². The number of H-pyrrole nitrogens is 1. The average molecular weight is 496 g/mol. The van der Waals surface area contributed by atoms with E-state index >= 15 is 0 Å². The van der Waals surface area contributed by atoms with Gasteiger partial charge in [-0.2, -0.15) is 18.4 Å². The van der Waals surface area contributed by atoms with E-state index in [1.54, 1.807) is 29.3 Å². The van der Waals surface area contributed by atoms with Crippen molar-refractivity contribution in [2.45, 2.75) is 31.5 Å². The van der Waals surface area contributed by atoms with Crippen molar-refractivity contribution in [2.75, 3.05) is 24.5 Å². The van der Waals surface area contributed by atoms with Crippen LogP contribution in [0.15, 0.2) is 48.7 Å². The molecule has 2 fully saturated rings. The molecule has 2 aromatic carbocycles. The Morgan fingerprint density at radius 3 is 2.53 bits per heavy atom. The van der Waals surface area contributed by atoms with E-state index in [9.17, 15) is 22.8 Å². The van der Waals surface area contributed by atoms with Crippen LogP contribution >= 0.6 is 0 Å². The number of primary amides is 1. The average Bonchev–Trinajstić information content (AvgIpc) is 3.48. The second kappa shape index (κ2) is 8.59. The monoisotopic (exact) mass is 495 g/mol. The number of nitrogens with two attached hydrogens (primary N) is 1. The Bertz CT molecular complexity index is 1380. The van der Waals surface area contributed by atoms with Gasteiger partial charge in [-0.05, 0) is 67.1 Å². The molecule has 3 aromatic rings. The molecule has 2 aliphatic heterocycles. The Morgan fingerprint density at radius 1 is 1.11 bits per heavy atom. The summed E-state index contributed by atoms with van der Waals surface area (Å²) in [6.07, 6.45) is -1.22. The molecule has 1 atom stereocenters. The Balaban J connectivity index is 1.34. The van der Waals surface area contributed by atoms with Crippen LogP contribution < -0.4 is 10.6 Å². The number of aromatic amines is 1. The van der Waals surface area contributed by atoms with Gasteiger partial charge in [0, 0.05) is 48.0 Å². The molecule has 0 radical (unpaired) electrons. The molecule has 2 amide bonds. The van der Waals surface area contributed by atoms with Gasteiger partial charge >= 0.3 is 6.18 Å². The summed E-state index contributed by atoms with van der Waals surface area (Å²) in [5.74, 6) is -0.824. The van der Waals surface area contributed by atoms with Gasteiger partial charge in [-0.15, -0.1) is 0 Å². The lowest BCUT2D eigenvalue weighted by Gasteiger charge is -2.40. The van der Waals surface area contributed by atoms with Crippen molar-refractivity contribution in [3.8, 4) is 6.07 Å². The van der Waals surface area contributed by atoms with Crippen LogP contribution in [-0.4, -0.2) is 47.4 Å². The number of amides is 2. The summed E-state index contributed by atoms with van der Waals surface area (Å²) in [7, 11) is 0. The van der Waals surface area contributed by atoms with Crippen LogP contribution in [0.5, 0.6) is 0 Å². The number of anilines is 1. The first-order chi connectivity index (χ1) is 17.1. The van der Waals surface area contributed by atoms with Crippen molar-refractivity contribution in [1.82, 2.24) is 9.88 Å². The van der Waals surface area contributed by atoms with Crippen molar-refractivity contribution >= 4 is 28.4 Å². The zero-order valence-electron chi connectivity index (χ0n) is 19.3. The third-order valence-electron chi connectivity index (χ3n) is 7.52. The topological polar surface area (TPSA) is 106 Å². The van der Waals surface area contributed by atoms with Gasteiger partial charge in [0.1, 0.15) is 6.04 Å². The van der Waals surface area contributed by atoms with Crippen LogP contribution in [0.2, 0.25) is 0 Å². The minimum absolute atomic E-state index is 0.261. The number of benzene rings is 2. The number of nitrogens with one attached hydrogen (secondary N) is 1. The van der Waals surface area contributed by atoms with Crippen molar-refractivity contribution in [3.05, 3.63) is 65.4 Å². The standard InChI is InChI=1S/C26H24F3N5O2/c27-26(28,29)20-12-19(3-1-18(20)14-30)33-9-6-25(7-10-33)13-22(23(31)35)34(15-25)24(36)17-2-4-21-16(11-17)5-8-32-21/h1-5,8,11-12,22,32H,6-7,9-10,13,15H2,(H2,31,35). The Morgan fingerprint density at radius 2 is 1.86 bits per heavy atom. The maximum Gasteiger partial charge on any atom is 0.417 e. The fourth-order valence-corrected chi connectivity index (χ4v) is 5.54. The number of halogens is 3. The fourth-order valence-electron chi connectivity index (χ4n) is 5.54. The van der Waals surface area contributed by atoms with E-state index in [0.717, 1.165) is 17.0 Å². The van der Waals surface area contributed by atoms with Crippen LogP contribution in [0.25, 0.3) is 10.9 Å². The first-order valence-electron chi connectivity index (χ1n) is 11.6. The summed E-state index contributed by atoms with van der Waals surface area (Å²) in [6.45, 7) is 1.29. The van der Waals surface area contributed by atoms with Crippen LogP contribution in [0.3, 0.4) is 0 Å². The van der Waals surface area contributed by atoms with Gasteiger partial charge in [0.15, 0.2) is 0 Å². The quantitative estimate of drug-likeness (QED) is 0.572. The van der Waals surface area contributed by atoms with Crippen LogP contribution in [-0.2, 0) is 11.0 Å². The number of alkyl halides is 3. The Hall–Kier alpha value is -4.00. The minimum atomic E-state index is -4.62. The minimum Gasteiger partial charge on any atom is -0.371 e. The highest BCUT2D eigenvalue weighted by Crippen LogP contribution is 2.45. The number of piperidine rings is 1. The number of rotatable bonds is 3. The second-order valence-electron chi connectivity index (χ2n) is 9.66. The van der Waals surface area contributed by atoms with Gasteiger partial charge in [-0.25, -0.2) is 0 Å². The van der Waals surface area contributed by atoms with Crippen LogP contribution in [0.4, 0.5) is 18.9 Å². The smallest absolute Gasteiger partial charge is 0.371 e. The van der Waals surface area contributed by atoms with E-state index in [4.69, 9.17) is 11.0 Å². The number of carbonyl (C=O) groups is 2. The Kier molecular flexibility index (Phi) is 5.66. The molecule has 0 saturated carbocycles. The van der Waals surface area contributed by atoms with Gasteiger partial charge in [-0.3, -0.25) is 9.59 Å². The van der Waals surface area contributed by atoms with Gasteiger partial charge in [0.2, 0.25) is 5.91 Å². The molecule has 7 nitrogen and oxygen atoms in total. The summed E-state index contributed by atoms with van der Waals surface area (Å²) in [5.41, 5.74) is 5.76. The summed E-state index contributed by atoms with van der Waals surface area (Å²) >= 11 is 0. The molecule has 0 bridgehead atoms. The van der Waals surface area contributed by atoms with Gasteiger partial charge in [0.25, 0.3) is 5.91 Å². The number of aromatic nitrogens is 1. The van der Waals surface area contributed by atoms with Crippen molar-refractivity contribution in [3.63, 3.8) is 0 Å². The lowest BCUT2D eigenvalue weighted by molar-refractivity contribution is -0.137. The van der Waals surface area contributed by atoms with Crippen molar-refractivity contribution in [1.29, 1.82) is 5.26 Å². The number of nitriles is 1. The number of likely N-dealkylation sites (tertiary alicyclic amines) is 1. The zero-order chi connectivity index (χ0) is 25.7. The van der Waals surface area contributed by atoms with Gasteiger partial charge in [-0.1, -0.05) is 0 Å². The molecule has 1 spiro atoms. The molecule has 1 unspecified atom stereocenters. The van der Waals surface area contributed by atoms with Crippen LogP contribution in [0, 0.1) is 16.7 Å². The fraction of sp³-hybridized carbons (Fsp3) is 0.346. The number of hydrogen-bond acceptors (Lipinski definition) is 4. The molecule has 10 heteroatoms. The normalized spacial score (nSPS) is 19.6. The van der Waals surface area contributed by atoms with E-state index in [2.05, 4.69) is 4.98 Å². The third-order valence-corrected chi connectivity index (χ3v) is 7.52. The molecule has 3 heterocycles. The van der Waals surface area contributed by atoms with E-state index < -0.39 is 29.3 Å². The van der Waals surface area contributed by atoms with E-state index in [0.29, 0.717) is 50.1 Å². The highest BCUT2D eigenvalue weighted by Gasteiger charge is 2.49. The number of nitrogens with zero attached hydrogens (tertiary/aromatic N) is 3. The first-order valence-corrected chi connectivity index (χ1v) is 11.6. The molecular formula is C26H24F3N5O2. The lowest BCUT2D eigenvalue weighted by atomic mass is 9.76. The molecule has 0 aliphatic carbocycles. The van der Waals surface area contributed by atoms with E-state index in [-0.39, 0.29) is 11.3 Å². The third kappa shape index (κ3) is 4.15. The summed E-state index contributed by atoms with van der Waals surface area (Å²) in [6, 6.07) is 11.8. The summed E-state index contributed by atoms with van der Waals surface area (Å²) < 4.78 is 40.2. The first kappa shape index (κ1) is 23.7. The molecule has 3 N–H and O–H groups in total. The predicted octanol–water partition coefficient (Wildman–Crippen LogP) is 4.04. The predicted molar refractivity (Wildman–Crippen MR) is 127 cm³/mol. The molecule has 1 aromatic heterocycles. The highest BCUT2D eigenvalue weighted by atomic mass is 19.4. The zero-order valence-corrected chi connectivity index (χ0v) is 19.3.